The smallest absolute Gasteiger partial charge is 0.253 e. The van der Waals surface area contributed by atoms with E-state index in [9.17, 15) is 9.59 Å². The van der Waals surface area contributed by atoms with E-state index in [0.717, 1.165) is 13.1 Å². The number of pyridine rings is 1. The van der Waals surface area contributed by atoms with Gasteiger partial charge in [-0.05, 0) is 32.0 Å². The molecule has 1 aliphatic heterocycles. The van der Waals surface area contributed by atoms with Gasteiger partial charge >= 0.3 is 0 Å². The molecule has 0 bridgehead atoms. The molecule has 1 saturated heterocycles. The summed E-state index contributed by atoms with van der Waals surface area (Å²) >= 11 is 0. The Labute approximate surface area is 118 Å². The topological polar surface area (TPSA) is 74.3 Å². The molecule has 0 aromatic carbocycles. The largest absolute Gasteiger partial charge is 0.357 e. The van der Waals surface area contributed by atoms with Gasteiger partial charge in [-0.25, -0.2) is 0 Å². The molecule has 1 aromatic rings. The van der Waals surface area contributed by atoms with Gasteiger partial charge in [0, 0.05) is 32.5 Å². The lowest BCUT2D eigenvalue weighted by Crippen LogP contribution is -2.62. The first kappa shape index (κ1) is 14.5. The molecule has 0 spiro atoms. The Balaban J connectivity index is 2.17. The van der Waals surface area contributed by atoms with Gasteiger partial charge in [-0.3, -0.25) is 14.6 Å². The van der Waals surface area contributed by atoms with Crippen LogP contribution >= 0.6 is 0 Å². The van der Waals surface area contributed by atoms with E-state index in [1.165, 1.54) is 6.20 Å². The highest BCUT2D eigenvalue weighted by molar-refractivity contribution is 5.99. The average Bonchev–Trinajstić information content (AvgIpc) is 2.49. The molecule has 0 aliphatic carbocycles. The molecule has 6 heteroatoms. The number of nitrogens with zero attached hydrogens (tertiary/aromatic N) is 2. The zero-order valence-electron chi connectivity index (χ0n) is 11.8. The van der Waals surface area contributed by atoms with Crippen LogP contribution in [0.25, 0.3) is 0 Å². The number of likely N-dealkylation sites (N-methyl/N-ethyl adjacent to an activating group) is 1. The summed E-state index contributed by atoms with van der Waals surface area (Å²) in [6, 6.07) is 3.39. The predicted molar refractivity (Wildman–Crippen MR) is 75.2 cm³/mol. The first-order valence-corrected chi connectivity index (χ1v) is 6.71. The molecule has 0 atom stereocenters. The van der Waals surface area contributed by atoms with E-state index in [-0.39, 0.29) is 11.8 Å². The monoisotopic (exact) mass is 276 g/mol. The number of rotatable bonds is 3. The van der Waals surface area contributed by atoms with Gasteiger partial charge in [-0.2, -0.15) is 0 Å². The van der Waals surface area contributed by atoms with Gasteiger partial charge in [-0.15, -0.1) is 0 Å². The molecule has 20 heavy (non-hydrogen) atoms. The molecule has 1 fully saturated rings. The third-order valence-corrected chi connectivity index (χ3v) is 3.78. The highest BCUT2D eigenvalue weighted by Crippen LogP contribution is 2.22. The number of carbonyl (C=O) groups excluding carboxylic acids is 2. The van der Waals surface area contributed by atoms with Gasteiger partial charge in [0.05, 0.1) is 5.56 Å². The van der Waals surface area contributed by atoms with Crippen LogP contribution in [0.1, 0.15) is 23.2 Å². The summed E-state index contributed by atoms with van der Waals surface area (Å²) in [6.07, 6.45) is 4.33. The maximum absolute atomic E-state index is 12.3. The molecule has 2 rings (SSSR count). The van der Waals surface area contributed by atoms with Crippen LogP contribution in [-0.4, -0.2) is 54.4 Å². The maximum Gasteiger partial charge on any atom is 0.253 e. The van der Waals surface area contributed by atoms with E-state index in [2.05, 4.69) is 20.5 Å². The molecular weight excluding hydrogens is 256 g/mol. The van der Waals surface area contributed by atoms with Crippen molar-refractivity contribution in [3.05, 3.63) is 30.1 Å². The van der Waals surface area contributed by atoms with Crippen molar-refractivity contribution < 1.29 is 9.59 Å². The minimum Gasteiger partial charge on any atom is -0.357 e. The van der Waals surface area contributed by atoms with Crippen LogP contribution in [0.15, 0.2) is 24.5 Å². The van der Waals surface area contributed by atoms with E-state index in [1.54, 1.807) is 25.4 Å². The summed E-state index contributed by atoms with van der Waals surface area (Å²) in [5.41, 5.74) is -0.358. The van der Waals surface area contributed by atoms with Gasteiger partial charge in [0.25, 0.3) is 5.91 Å². The summed E-state index contributed by atoms with van der Waals surface area (Å²) < 4.78 is 0. The van der Waals surface area contributed by atoms with Crippen LogP contribution in [0.3, 0.4) is 0 Å². The van der Waals surface area contributed by atoms with E-state index >= 15 is 0 Å². The second-order valence-corrected chi connectivity index (χ2v) is 5.16. The van der Waals surface area contributed by atoms with Crippen LogP contribution < -0.4 is 10.6 Å². The Hall–Kier alpha value is -1.95. The van der Waals surface area contributed by atoms with Crippen LogP contribution in [0.2, 0.25) is 0 Å². The summed E-state index contributed by atoms with van der Waals surface area (Å²) in [6.45, 7) is 1.56. The first-order valence-electron chi connectivity index (χ1n) is 6.71. The number of carbonyl (C=O) groups is 2. The van der Waals surface area contributed by atoms with Crippen LogP contribution in [0.5, 0.6) is 0 Å². The van der Waals surface area contributed by atoms with E-state index in [1.807, 2.05) is 7.05 Å². The summed E-state index contributed by atoms with van der Waals surface area (Å²) in [5.74, 6) is -0.394. The molecule has 1 aliphatic rings. The molecule has 1 aromatic heterocycles. The van der Waals surface area contributed by atoms with Crippen LogP contribution in [0.4, 0.5) is 0 Å². The van der Waals surface area contributed by atoms with Crippen molar-refractivity contribution in [2.75, 3.05) is 27.2 Å². The first-order chi connectivity index (χ1) is 9.57. The second kappa shape index (κ2) is 6.00. The van der Waals surface area contributed by atoms with Crippen LogP contribution in [-0.2, 0) is 4.79 Å². The zero-order valence-corrected chi connectivity index (χ0v) is 11.8. The van der Waals surface area contributed by atoms with E-state index in [0.29, 0.717) is 18.4 Å². The van der Waals surface area contributed by atoms with Gasteiger partial charge in [0.2, 0.25) is 5.91 Å². The molecule has 6 nitrogen and oxygen atoms in total. The molecule has 2 amide bonds. The standard InChI is InChI=1S/C14H20N4O2/c1-15-13(20)14(5-8-18(2)9-6-14)17-12(19)11-4-3-7-16-10-11/h3-4,7,10H,5-6,8-9H2,1-2H3,(H,15,20)(H,17,19). The van der Waals surface area contributed by atoms with E-state index in [4.69, 9.17) is 0 Å². The SMILES string of the molecule is CNC(=O)C1(NC(=O)c2cccnc2)CCN(C)CC1. The molecule has 0 radical (unpaired) electrons. The number of hydrogen-bond acceptors (Lipinski definition) is 4. The fourth-order valence-corrected chi connectivity index (χ4v) is 2.43. The lowest BCUT2D eigenvalue weighted by Gasteiger charge is -2.39. The van der Waals surface area contributed by atoms with Crippen molar-refractivity contribution in [1.82, 2.24) is 20.5 Å². The molecule has 108 valence electrons. The maximum atomic E-state index is 12.3. The zero-order chi connectivity index (χ0) is 14.6. The van der Waals surface area contributed by atoms with Crippen molar-refractivity contribution in [2.45, 2.75) is 18.4 Å². The number of likely N-dealkylation sites (tertiary alicyclic amines) is 1. The van der Waals surface area contributed by atoms with Gasteiger partial charge in [0.15, 0.2) is 0 Å². The molecule has 2 heterocycles. The van der Waals surface area contributed by atoms with Crippen molar-refractivity contribution >= 4 is 11.8 Å². The molecule has 0 saturated carbocycles. The van der Waals surface area contributed by atoms with E-state index < -0.39 is 5.54 Å². The third kappa shape index (κ3) is 2.96. The van der Waals surface area contributed by atoms with Gasteiger partial charge in [-0.1, -0.05) is 0 Å². The third-order valence-electron chi connectivity index (χ3n) is 3.78. The van der Waals surface area contributed by atoms with Crippen LogP contribution in [0, 0.1) is 0 Å². The van der Waals surface area contributed by atoms with Crippen molar-refractivity contribution in [1.29, 1.82) is 0 Å². The number of aromatic nitrogens is 1. The quantitative estimate of drug-likeness (QED) is 0.816. The lowest BCUT2D eigenvalue weighted by molar-refractivity contribution is -0.128. The molecular formula is C14H20N4O2. The number of nitrogens with one attached hydrogen (secondary N) is 2. The Kier molecular flexibility index (Phi) is 4.34. The fraction of sp³-hybridized carbons (Fsp3) is 0.500. The van der Waals surface area contributed by atoms with Crippen molar-refractivity contribution in [3.8, 4) is 0 Å². The summed E-state index contributed by atoms with van der Waals surface area (Å²) in [4.78, 5) is 30.6. The normalized spacial score (nSPS) is 18.3. The highest BCUT2D eigenvalue weighted by Gasteiger charge is 2.41. The Morgan fingerprint density at radius 2 is 2.05 bits per heavy atom. The second-order valence-electron chi connectivity index (χ2n) is 5.16. The Morgan fingerprint density at radius 1 is 1.35 bits per heavy atom. The fourth-order valence-electron chi connectivity index (χ4n) is 2.43. The van der Waals surface area contributed by atoms with Crippen molar-refractivity contribution in [2.24, 2.45) is 0 Å². The summed E-state index contributed by atoms with van der Waals surface area (Å²) in [5, 5.41) is 5.56. The number of amides is 2. The number of hydrogen-bond donors (Lipinski definition) is 2. The minimum atomic E-state index is -0.825. The Bertz CT molecular complexity index is 481. The number of piperidine rings is 1. The Morgan fingerprint density at radius 3 is 2.60 bits per heavy atom. The van der Waals surface area contributed by atoms with Crippen molar-refractivity contribution in [3.63, 3.8) is 0 Å². The van der Waals surface area contributed by atoms with Gasteiger partial charge < -0.3 is 15.5 Å². The minimum absolute atomic E-state index is 0.136. The average molecular weight is 276 g/mol. The van der Waals surface area contributed by atoms with Gasteiger partial charge in [0.1, 0.15) is 5.54 Å². The highest BCUT2D eigenvalue weighted by atomic mass is 16.2. The molecule has 0 unspecified atom stereocenters. The summed E-state index contributed by atoms with van der Waals surface area (Å²) in [7, 11) is 3.61. The molecule has 2 N–H and O–H groups in total. The lowest BCUT2D eigenvalue weighted by atomic mass is 9.86. The predicted octanol–water partition coefficient (Wildman–Crippen LogP) is 0.0218.